The van der Waals surface area contributed by atoms with Crippen molar-refractivity contribution in [1.82, 2.24) is 4.98 Å². The summed E-state index contributed by atoms with van der Waals surface area (Å²) in [6.07, 6.45) is 1.43. The van der Waals surface area contributed by atoms with Gasteiger partial charge >= 0.3 is 29.6 Å². The second-order valence-electron chi connectivity index (χ2n) is 1.12. The van der Waals surface area contributed by atoms with Crippen molar-refractivity contribution in [3.05, 3.63) is 16.6 Å². The van der Waals surface area contributed by atoms with Crippen molar-refractivity contribution in [2.75, 3.05) is 0 Å². The monoisotopic (exact) mass is 151 g/mol. The molecule has 0 aliphatic rings. The Morgan fingerprint density at radius 2 is 2.44 bits per heavy atom. The van der Waals surface area contributed by atoms with Crippen LogP contribution in [-0.2, 0) is 0 Å². The number of nitrogens with zero attached hydrogens (tertiary/aromatic N) is 1. The zero-order valence-corrected chi connectivity index (χ0v) is 7.64. The Kier molecular flexibility index (Phi) is 4.05. The summed E-state index contributed by atoms with van der Waals surface area (Å²) in [6.45, 7) is 0. The van der Waals surface area contributed by atoms with E-state index in [1.807, 2.05) is 0 Å². The number of aromatic nitrogens is 1. The van der Waals surface area contributed by atoms with E-state index in [1.165, 1.54) is 6.20 Å². The van der Waals surface area contributed by atoms with Crippen molar-refractivity contribution in [2.24, 2.45) is 0 Å². The molecule has 0 aliphatic carbocycles. The van der Waals surface area contributed by atoms with Gasteiger partial charge in [0, 0.05) is 11.6 Å². The van der Waals surface area contributed by atoms with Crippen LogP contribution in [0.25, 0.3) is 0 Å². The van der Waals surface area contributed by atoms with Crippen molar-refractivity contribution in [1.29, 1.82) is 0 Å². The van der Waals surface area contributed by atoms with Crippen LogP contribution in [0.3, 0.4) is 0 Å². The Bertz CT molecular complexity index is 186. The van der Waals surface area contributed by atoms with E-state index < -0.39 is 5.97 Å². The molecule has 0 bridgehead atoms. The molecule has 1 aromatic heterocycles. The second-order valence-corrected chi connectivity index (χ2v) is 2.02. The summed E-state index contributed by atoms with van der Waals surface area (Å²) in [5, 5.41) is 11.5. The first-order chi connectivity index (χ1) is 3.80. The molecule has 0 N–H and O–H groups in total. The third-order valence-corrected chi connectivity index (χ3v) is 1.36. The molecule has 0 aliphatic heterocycles. The smallest absolute Gasteiger partial charge is 0.542 e. The van der Waals surface area contributed by atoms with Gasteiger partial charge in [0.2, 0.25) is 0 Å². The Morgan fingerprint density at radius 3 is 2.67 bits per heavy atom. The van der Waals surface area contributed by atoms with Crippen LogP contribution in [-0.4, -0.2) is 11.0 Å². The van der Waals surface area contributed by atoms with Gasteiger partial charge in [-0.2, -0.15) is 0 Å². The van der Waals surface area contributed by atoms with Gasteiger partial charge in [-0.25, -0.2) is 4.98 Å². The molecular formula is C4H2NNaO2S. The fraction of sp³-hybridized carbons (Fsp3) is 0. The van der Waals surface area contributed by atoms with Gasteiger partial charge in [0.05, 0.1) is 0 Å². The van der Waals surface area contributed by atoms with Gasteiger partial charge < -0.3 is 9.90 Å². The molecule has 42 valence electrons. The van der Waals surface area contributed by atoms with E-state index in [1.54, 1.807) is 5.38 Å². The third kappa shape index (κ3) is 2.45. The minimum atomic E-state index is -1.21. The number of rotatable bonds is 1. The van der Waals surface area contributed by atoms with Crippen molar-refractivity contribution in [3.63, 3.8) is 0 Å². The average Bonchev–Trinajstić information content (AvgIpc) is 2.12. The van der Waals surface area contributed by atoms with E-state index >= 15 is 0 Å². The molecule has 5 heteroatoms. The maximum absolute atomic E-state index is 9.90. The molecule has 3 nitrogen and oxygen atoms in total. The molecule has 0 unspecified atom stereocenters. The largest absolute Gasteiger partial charge is 1.00 e. The van der Waals surface area contributed by atoms with E-state index in [-0.39, 0.29) is 34.6 Å². The zero-order chi connectivity index (χ0) is 5.98. The van der Waals surface area contributed by atoms with Gasteiger partial charge in [-0.15, -0.1) is 11.3 Å². The second kappa shape index (κ2) is 4.00. The molecule has 1 aromatic rings. The summed E-state index contributed by atoms with van der Waals surface area (Å²) in [7, 11) is 0. The van der Waals surface area contributed by atoms with Crippen molar-refractivity contribution >= 4 is 17.3 Å². The van der Waals surface area contributed by atoms with Crippen LogP contribution in [0.1, 0.15) is 9.80 Å². The topological polar surface area (TPSA) is 53.0 Å². The molecule has 0 spiro atoms. The van der Waals surface area contributed by atoms with Crippen LogP contribution < -0.4 is 34.7 Å². The molecule has 0 atom stereocenters. The number of hydrogen-bond acceptors (Lipinski definition) is 4. The molecule has 0 saturated heterocycles. The van der Waals surface area contributed by atoms with Gasteiger partial charge in [0.15, 0.2) is 0 Å². The molecule has 0 aromatic carbocycles. The summed E-state index contributed by atoms with van der Waals surface area (Å²) in [5.74, 6) is -1.21. The van der Waals surface area contributed by atoms with Gasteiger partial charge in [-0.1, -0.05) is 0 Å². The summed E-state index contributed by atoms with van der Waals surface area (Å²) < 4.78 is 0. The van der Waals surface area contributed by atoms with Gasteiger partial charge in [-0.05, 0) is 0 Å². The van der Waals surface area contributed by atoms with E-state index in [2.05, 4.69) is 4.98 Å². The van der Waals surface area contributed by atoms with E-state index in [9.17, 15) is 9.90 Å². The molecular weight excluding hydrogens is 149 g/mol. The predicted molar refractivity (Wildman–Crippen MR) is 26.4 cm³/mol. The Hall–Kier alpha value is 0.1000. The molecule has 1 heterocycles. The zero-order valence-electron chi connectivity index (χ0n) is 4.83. The van der Waals surface area contributed by atoms with E-state index in [0.29, 0.717) is 0 Å². The summed E-state index contributed by atoms with van der Waals surface area (Å²) in [4.78, 5) is 13.4. The standard InChI is InChI=1S/C4H3NO2S.Na/c6-4(7)3-5-1-2-8-3;/h1-2H,(H,6,7);/q;+1/p-1. The normalized spacial score (nSPS) is 8.00. The van der Waals surface area contributed by atoms with Crippen LogP contribution in [0.4, 0.5) is 0 Å². The Morgan fingerprint density at radius 1 is 1.78 bits per heavy atom. The van der Waals surface area contributed by atoms with Crippen LogP contribution in [0.5, 0.6) is 0 Å². The van der Waals surface area contributed by atoms with Crippen molar-refractivity contribution in [2.45, 2.75) is 0 Å². The van der Waals surface area contributed by atoms with Crippen molar-refractivity contribution < 1.29 is 39.5 Å². The molecule has 0 amide bonds. The summed E-state index contributed by atoms with van der Waals surface area (Å²) in [6, 6.07) is 0. The number of aromatic carboxylic acids is 1. The van der Waals surface area contributed by atoms with Gasteiger partial charge in [-0.3, -0.25) is 0 Å². The summed E-state index contributed by atoms with van der Waals surface area (Å²) in [5.41, 5.74) is 0. The van der Waals surface area contributed by atoms with E-state index in [0.717, 1.165) is 11.3 Å². The Balaban J connectivity index is 0.000000640. The molecule has 0 saturated carbocycles. The number of carbonyl (C=O) groups is 1. The fourth-order valence-corrected chi connectivity index (χ4v) is 0.793. The SMILES string of the molecule is O=C([O-])c1nccs1.[Na+]. The Labute approximate surface area is 78.0 Å². The predicted octanol–water partition coefficient (Wildman–Crippen LogP) is -3.49. The summed E-state index contributed by atoms with van der Waals surface area (Å²) >= 11 is 1.06. The number of carboxylic acid groups (broad SMARTS) is 1. The first kappa shape index (κ1) is 9.10. The minimum Gasteiger partial charge on any atom is -0.542 e. The molecule has 1 rings (SSSR count). The van der Waals surface area contributed by atoms with Crippen LogP contribution in [0.2, 0.25) is 0 Å². The van der Waals surface area contributed by atoms with Gasteiger partial charge in [0.1, 0.15) is 11.0 Å². The van der Waals surface area contributed by atoms with Crippen LogP contribution in [0, 0.1) is 0 Å². The maximum Gasteiger partial charge on any atom is 1.00 e. The van der Waals surface area contributed by atoms with Crippen LogP contribution in [0.15, 0.2) is 11.6 Å². The average molecular weight is 151 g/mol. The fourth-order valence-electron chi connectivity index (χ4n) is 0.324. The minimum absolute atomic E-state index is 0. The quantitative estimate of drug-likeness (QED) is 0.391. The first-order valence-corrected chi connectivity index (χ1v) is 2.79. The number of carbonyl (C=O) groups excluding carboxylic acids is 1. The number of thiazole rings is 1. The van der Waals surface area contributed by atoms with Crippen molar-refractivity contribution in [3.8, 4) is 0 Å². The van der Waals surface area contributed by atoms with E-state index in [4.69, 9.17) is 0 Å². The molecule has 0 fully saturated rings. The maximum atomic E-state index is 9.90. The molecule has 0 radical (unpaired) electrons. The van der Waals surface area contributed by atoms with Crippen LogP contribution >= 0.6 is 11.3 Å². The first-order valence-electron chi connectivity index (χ1n) is 1.91. The number of hydrogen-bond donors (Lipinski definition) is 0. The molecule has 9 heavy (non-hydrogen) atoms. The number of carboxylic acids is 1. The van der Waals surface area contributed by atoms with Gasteiger partial charge in [0.25, 0.3) is 0 Å². The third-order valence-electron chi connectivity index (χ3n) is 0.607.